The molecule has 9 heteroatoms. The fourth-order valence-corrected chi connectivity index (χ4v) is 4.82. The number of amides is 1. The van der Waals surface area contributed by atoms with Crippen molar-refractivity contribution >= 4 is 61.5 Å². The van der Waals surface area contributed by atoms with Gasteiger partial charge in [0.15, 0.2) is 6.04 Å². The van der Waals surface area contributed by atoms with Crippen LogP contribution in [0.25, 0.3) is 16.5 Å². The zero-order valence-corrected chi connectivity index (χ0v) is 18.9. The van der Waals surface area contributed by atoms with Crippen molar-refractivity contribution in [3.63, 3.8) is 0 Å². The predicted molar refractivity (Wildman–Crippen MR) is 124 cm³/mol. The normalized spacial score (nSPS) is 11.9. The van der Waals surface area contributed by atoms with Crippen LogP contribution in [0.5, 0.6) is 0 Å². The molecule has 156 valence electrons. The van der Waals surface area contributed by atoms with E-state index in [-0.39, 0.29) is 11.1 Å². The van der Waals surface area contributed by atoms with Crippen LogP contribution in [0, 0.1) is 0 Å². The number of rotatable bonds is 5. The van der Waals surface area contributed by atoms with Gasteiger partial charge in [-0.25, -0.2) is 4.79 Å². The van der Waals surface area contributed by atoms with Crippen LogP contribution in [0.3, 0.4) is 0 Å². The monoisotopic (exact) mass is 516 g/mol. The van der Waals surface area contributed by atoms with Gasteiger partial charge in [0.1, 0.15) is 0 Å². The molecule has 0 radical (unpaired) electrons. The maximum absolute atomic E-state index is 12.9. The van der Waals surface area contributed by atoms with Crippen LogP contribution in [0.4, 0.5) is 0 Å². The molecule has 0 spiro atoms. The molecule has 0 bridgehead atoms. The average Bonchev–Trinajstić information content (AvgIpc) is 3.20. The molecule has 31 heavy (non-hydrogen) atoms. The number of fused-ring (bicyclic) bond motifs is 1. The molecule has 0 saturated heterocycles. The molecule has 4 aromatic rings. The predicted octanol–water partition coefficient (Wildman–Crippen LogP) is 5.02. The van der Waals surface area contributed by atoms with Crippen molar-refractivity contribution in [1.82, 2.24) is 9.88 Å². The molecule has 2 aromatic carbocycles. The number of carbonyl (C=O) groups excluding carboxylic acids is 1. The zero-order chi connectivity index (χ0) is 22.1. The first-order chi connectivity index (χ1) is 14.8. The largest absolute Gasteiger partial charge is 0.479 e. The van der Waals surface area contributed by atoms with Crippen LogP contribution in [0.15, 0.2) is 76.1 Å². The van der Waals surface area contributed by atoms with E-state index in [4.69, 9.17) is 11.6 Å². The topological polar surface area (TPSA) is 88.4 Å². The van der Waals surface area contributed by atoms with E-state index in [0.717, 1.165) is 21.2 Å². The Morgan fingerprint density at radius 1 is 1.03 bits per heavy atom. The zero-order valence-electron chi connectivity index (χ0n) is 15.7. The molecule has 4 rings (SSSR count). The van der Waals surface area contributed by atoms with Gasteiger partial charge in [-0.15, -0.1) is 11.3 Å². The van der Waals surface area contributed by atoms with E-state index in [0.29, 0.717) is 20.3 Å². The standard InChI is InChI=1S/C22H14BrClN2O4S/c23-16-11-26(21(28)15-4-2-1-3-14(15)16)13-7-5-12(6-8-13)20(27)25-19(22(29)30)17-9-10-18(24)31-17/h1-11,19H,(H,25,27)(H,29,30). The lowest BCUT2D eigenvalue weighted by atomic mass is 10.1. The Morgan fingerprint density at radius 2 is 1.71 bits per heavy atom. The summed E-state index contributed by atoms with van der Waals surface area (Å²) in [5.74, 6) is -1.73. The molecule has 1 atom stereocenters. The molecule has 0 saturated carbocycles. The second kappa shape index (κ2) is 8.66. The number of carboxylic acids is 1. The summed E-state index contributed by atoms with van der Waals surface area (Å²) in [6.07, 6.45) is 1.68. The Kier molecular flexibility index (Phi) is 5.95. The number of benzene rings is 2. The highest BCUT2D eigenvalue weighted by molar-refractivity contribution is 9.10. The summed E-state index contributed by atoms with van der Waals surface area (Å²) in [7, 11) is 0. The van der Waals surface area contributed by atoms with Crippen molar-refractivity contribution in [2.75, 3.05) is 0 Å². The summed E-state index contributed by atoms with van der Waals surface area (Å²) >= 11 is 10.5. The van der Waals surface area contributed by atoms with Gasteiger partial charge >= 0.3 is 5.97 Å². The van der Waals surface area contributed by atoms with E-state index in [9.17, 15) is 19.5 Å². The number of thiophene rings is 1. The number of hydrogen-bond acceptors (Lipinski definition) is 4. The molecule has 0 aliphatic heterocycles. The van der Waals surface area contributed by atoms with Gasteiger partial charge in [-0.2, -0.15) is 0 Å². The van der Waals surface area contributed by atoms with E-state index in [2.05, 4.69) is 21.2 Å². The van der Waals surface area contributed by atoms with Crippen molar-refractivity contribution < 1.29 is 14.7 Å². The molecule has 1 unspecified atom stereocenters. The van der Waals surface area contributed by atoms with Crippen molar-refractivity contribution in [1.29, 1.82) is 0 Å². The van der Waals surface area contributed by atoms with E-state index in [1.807, 2.05) is 12.1 Å². The van der Waals surface area contributed by atoms with Gasteiger partial charge in [0.05, 0.1) is 4.34 Å². The third-order valence-corrected chi connectivity index (χ3v) is 6.61. The molecular formula is C22H14BrClN2O4S. The number of nitrogens with zero attached hydrogens (tertiary/aromatic N) is 1. The maximum atomic E-state index is 12.9. The number of pyridine rings is 1. The fourth-order valence-electron chi connectivity index (χ4n) is 3.17. The van der Waals surface area contributed by atoms with Crippen molar-refractivity contribution in [3.05, 3.63) is 96.5 Å². The number of hydrogen-bond donors (Lipinski definition) is 2. The van der Waals surface area contributed by atoms with Crippen LogP contribution in [-0.2, 0) is 4.79 Å². The molecule has 2 aromatic heterocycles. The number of carboxylic acid groups (broad SMARTS) is 1. The Bertz CT molecular complexity index is 1360. The molecule has 0 aliphatic rings. The summed E-state index contributed by atoms with van der Waals surface area (Å²) in [6.45, 7) is 0. The molecule has 0 aliphatic carbocycles. The Morgan fingerprint density at radius 3 is 2.32 bits per heavy atom. The molecule has 1 amide bonds. The van der Waals surface area contributed by atoms with Crippen LogP contribution in [0.2, 0.25) is 4.34 Å². The second-order valence-electron chi connectivity index (χ2n) is 6.63. The summed E-state index contributed by atoms with van der Waals surface area (Å²) in [4.78, 5) is 37.5. The van der Waals surface area contributed by atoms with Gasteiger partial charge in [-0.1, -0.05) is 29.8 Å². The summed E-state index contributed by atoms with van der Waals surface area (Å²) in [5.41, 5.74) is 0.662. The van der Waals surface area contributed by atoms with E-state index in [1.165, 1.54) is 4.57 Å². The van der Waals surface area contributed by atoms with Crippen molar-refractivity contribution in [2.45, 2.75) is 6.04 Å². The van der Waals surface area contributed by atoms with Crippen LogP contribution >= 0.6 is 38.9 Å². The minimum Gasteiger partial charge on any atom is -0.479 e. The number of nitrogens with one attached hydrogen (secondary N) is 1. The highest BCUT2D eigenvalue weighted by Gasteiger charge is 2.24. The van der Waals surface area contributed by atoms with Crippen LogP contribution < -0.4 is 10.9 Å². The highest BCUT2D eigenvalue weighted by Crippen LogP contribution is 2.27. The Hall–Kier alpha value is -2.94. The third-order valence-electron chi connectivity index (χ3n) is 4.68. The van der Waals surface area contributed by atoms with Gasteiger partial charge in [0.2, 0.25) is 0 Å². The summed E-state index contributed by atoms with van der Waals surface area (Å²) < 4.78 is 2.69. The Balaban J connectivity index is 1.62. The molecule has 2 heterocycles. The van der Waals surface area contributed by atoms with Gasteiger partial charge in [0, 0.05) is 37.6 Å². The van der Waals surface area contributed by atoms with Gasteiger partial charge in [0.25, 0.3) is 11.5 Å². The van der Waals surface area contributed by atoms with Crippen molar-refractivity contribution in [3.8, 4) is 5.69 Å². The SMILES string of the molecule is O=C(NC(C(=O)O)c1ccc(Cl)s1)c1ccc(-n2cc(Br)c3ccccc3c2=O)cc1. The quantitative estimate of drug-likeness (QED) is 0.389. The van der Waals surface area contributed by atoms with Gasteiger partial charge < -0.3 is 10.4 Å². The minimum absolute atomic E-state index is 0.184. The van der Waals surface area contributed by atoms with E-state index in [1.54, 1.807) is 54.7 Å². The highest BCUT2D eigenvalue weighted by atomic mass is 79.9. The minimum atomic E-state index is -1.20. The van der Waals surface area contributed by atoms with E-state index >= 15 is 0 Å². The first kappa shape index (κ1) is 21.3. The molecular weight excluding hydrogens is 504 g/mol. The lowest BCUT2D eigenvalue weighted by molar-refractivity contribution is -0.139. The first-order valence-corrected chi connectivity index (χ1v) is 11.0. The third kappa shape index (κ3) is 4.27. The van der Waals surface area contributed by atoms with Crippen molar-refractivity contribution in [2.24, 2.45) is 0 Å². The number of carbonyl (C=O) groups is 2. The first-order valence-electron chi connectivity index (χ1n) is 9.04. The maximum Gasteiger partial charge on any atom is 0.331 e. The summed E-state index contributed by atoms with van der Waals surface area (Å²) in [5, 5.41) is 13.4. The van der Waals surface area contributed by atoms with Crippen LogP contribution in [0.1, 0.15) is 21.3 Å². The van der Waals surface area contributed by atoms with E-state index < -0.39 is 17.9 Å². The molecule has 0 fully saturated rings. The van der Waals surface area contributed by atoms with Gasteiger partial charge in [-0.3, -0.25) is 14.2 Å². The lowest BCUT2D eigenvalue weighted by Crippen LogP contribution is -2.33. The average molecular weight is 518 g/mol. The smallest absolute Gasteiger partial charge is 0.331 e. The fraction of sp³-hybridized carbons (Fsp3) is 0.0455. The number of halogens is 2. The molecule has 6 nitrogen and oxygen atoms in total. The Labute approximate surface area is 193 Å². The number of aliphatic carboxylic acids is 1. The lowest BCUT2D eigenvalue weighted by Gasteiger charge is -2.14. The molecule has 2 N–H and O–H groups in total. The summed E-state index contributed by atoms with van der Waals surface area (Å²) in [6, 6.07) is 15.6. The number of aromatic nitrogens is 1. The second-order valence-corrected chi connectivity index (χ2v) is 9.23. The van der Waals surface area contributed by atoms with Crippen LogP contribution in [-0.4, -0.2) is 21.6 Å². The van der Waals surface area contributed by atoms with Gasteiger partial charge in [-0.05, 0) is 58.4 Å².